The number of rotatable bonds is 10. The van der Waals surface area contributed by atoms with Gasteiger partial charge in [-0.05, 0) is 43.5 Å². The Morgan fingerprint density at radius 1 is 1.10 bits per heavy atom. The van der Waals surface area contributed by atoms with E-state index in [1.54, 1.807) is 0 Å². The molecule has 0 bridgehead atoms. The molecule has 0 aliphatic carbocycles. The fourth-order valence-corrected chi connectivity index (χ4v) is 3.49. The zero-order valence-corrected chi connectivity index (χ0v) is 17.4. The quantitative estimate of drug-likeness (QED) is 0.534. The van der Waals surface area contributed by atoms with Crippen molar-refractivity contribution in [1.29, 1.82) is 0 Å². The maximum Gasteiger partial charge on any atom is 0.245 e. The third-order valence-electron chi connectivity index (χ3n) is 4.86. The first-order valence-corrected chi connectivity index (χ1v) is 9.99. The Morgan fingerprint density at radius 2 is 1.86 bits per heavy atom. The molecule has 2 aromatic carbocycles. The van der Waals surface area contributed by atoms with Crippen molar-refractivity contribution < 1.29 is 14.3 Å². The number of methoxy groups -OCH3 is 1. The van der Waals surface area contributed by atoms with E-state index in [0.717, 1.165) is 46.7 Å². The summed E-state index contributed by atoms with van der Waals surface area (Å²) in [5, 5.41) is 2.86. The number of carbonyl (C=O) groups is 1. The molecule has 0 aliphatic heterocycles. The summed E-state index contributed by atoms with van der Waals surface area (Å²) in [6.07, 6.45) is 1.54. The molecular formula is C23H29N3O3. The van der Waals surface area contributed by atoms with Crippen LogP contribution < -0.4 is 10.1 Å². The zero-order valence-electron chi connectivity index (χ0n) is 17.4. The highest BCUT2D eigenvalue weighted by atomic mass is 16.5. The molecule has 29 heavy (non-hydrogen) atoms. The van der Waals surface area contributed by atoms with Crippen molar-refractivity contribution in [2.45, 2.75) is 33.2 Å². The smallest absolute Gasteiger partial charge is 0.245 e. The number of nitrogens with zero attached hydrogens (tertiary/aromatic N) is 2. The summed E-state index contributed by atoms with van der Waals surface area (Å²) in [4.78, 5) is 16.4. The number of para-hydroxylation sites is 3. The van der Waals surface area contributed by atoms with E-state index < -0.39 is 0 Å². The lowest BCUT2D eigenvalue weighted by Gasteiger charge is -2.13. The number of imidazole rings is 1. The predicted octanol–water partition coefficient (Wildman–Crippen LogP) is 3.43. The second-order valence-electron chi connectivity index (χ2n) is 7.12. The van der Waals surface area contributed by atoms with Crippen LogP contribution in [-0.2, 0) is 22.5 Å². The second-order valence-corrected chi connectivity index (χ2v) is 7.12. The van der Waals surface area contributed by atoms with Gasteiger partial charge in [0.1, 0.15) is 18.2 Å². The molecule has 3 aromatic rings. The number of fused-ring (bicyclic) bond motifs is 1. The van der Waals surface area contributed by atoms with Crippen LogP contribution in [0.1, 0.15) is 23.4 Å². The van der Waals surface area contributed by atoms with Crippen LogP contribution in [0.3, 0.4) is 0 Å². The Labute approximate surface area is 171 Å². The van der Waals surface area contributed by atoms with Gasteiger partial charge in [-0.1, -0.05) is 30.3 Å². The Bertz CT molecular complexity index is 945. The van der Waals surface area contributed by atoms with Gasteiger partial charge in [0.2, 0.25) is 5.91 Å². The number of hydrogen-bond acceptors (Lipinski definition) is 4. The van der Waals surface area contributed by atoms with Gasteiger partial charge in [0, 0.05) is 26.6 Å². The fraction of sp³-hybridized carbons (Fsp3) is 0.391. The van der Waals surface area contributed by atoms with Crippen molar-refractivity contribution in [3.8, 4) is 5.75 Å². The third kappa shape index (κ3) is 5.35. The van der Waals surface area contributed by atoms with Crippen molar-refractivity contribution >= 4 is 16.9 Å². The molecule has 0 aliphatic rings. The van der Waals surface area contributed by atoms with Crippen LogP contribution in [0.25, 0.3) is 11.0 Å². The highest BCUT2D eigenvalue weighted by Gasteiger charge is 2.11. The maximum absolute atomic E-state index is 11.6. The molecule has 154 valence electrons. The summed E-state index contributed by atoms with van der Waals surface area (Å²) < 4.78 is 13.1. The number of hydrogen-bond donors (Lipinski definition) is 1. The van der Waals surface area contributed by atoms with Crippen molar-refractivity contribution in [3.63, 3.8) is 0 Å². The zero-order chi connectivity index (χ0) is 20.6. The molecule has 1 amide bonds. The van der Waals surface area contributed by atoms with Gasteiger partial charge in [-0.15, -0.1) is 0 Å². The van der Waals surface area contributed by atoms with Crippen molar-refractivity contribution in [2.24, 2.45) is 0 Å². The first kappa shape index (κ1) is 20.9. The number of aromatic nitrogens is 2. The van der Waals surface area contributed by atoms with Crippen LogP contribution in [0.2, 0.25) is 0 Å². The van der Waals surface area contributed by atoms with E-state index in [-0.39, 0.29) is 12.5 Å². The van der Waals surface area contributed by atoms with E-state index >= 15 is 0 Å². The Balaban J connectivity index is 1.63. The first-order chi connectivity index (χ1) is 14.1. The molecule has 6 heteroatoms. The van der Waals surface area contributed by atoms with Gasteiger partial charge in [0.05, 0.1) is 17.6 Å². The molecule has 3 rings (SSSR count). The van der Waals surface area contributed by atoms with E-state index in [9.17, 15) is 4.79 Å². The van der Waals surface area contributed by atoms with Crippen molar-refractivity contribution in [1.82, 2.24) is 14.9 Å². The molecule has 0 unspecified atom stereocenters. The number of benzene rings is 2. The van der Waals surface area contributed by atoms with Crippen molar-refractivity contribution in [2.75, 3.05) is 26.9 Å². The number of ether oxygens (including phenoxy) is 2. The Morgan fingerprint density at radius 3 is 2.62 bits per heavy atom. The first-order valence-electron chi connectivity index (χ1n) is 9.99. The SMILES string of the molecule is COCC(=O)NCCc1nc2ccccc2n1CCCOc1c(C)cccc1C. The number of carbonyl (C=O) groups excluding carboxylic acids is 1. The fourth-order valence-electron chi connectivity index (χ4n) is 3.49. The monoisotopic (exact) mass is 395 g/mol. The second kappa shape index (κ2) is 10.1. The summed E-state index contributed by atoms with van der Waals surface area (Å²) in [7, 11) is 1.51. The molecule has 1 aromatic heterocycles. The molecule has 0 saturated carbocycles. The van der Waals surface area contributed by atoms with Crippen LogP contribution >= 0.6 is 0 Å². The van der Waals surface area contributed by atoms with Gasteiger partial charge < -0.3 is 19.4 Å². The van der Waals surface area contributed by atoms with Crippen LogP contribution in [-0.4, -0.2) is 42.3 Å². The Hall–Kier alpha value is -2.86. The summed E-state index contributed by atoms with van der Waals surface area (Å²) in [6, 6.07) is 14.3. The van der Waals surface area contributed by atoms with E-state index in [0.29, 0.717) is 19.6 Å². The molecular weight excluding hydrogens is 366 g/mol. The molecule has 1 N–H and O–H groups in total. The molecule has 6 nitrogen and oxygen atoms in total. The third-order valence-corrected chi connectivity index (χ3v) is 4.86. The summed E-state index contributed by atoms with van der Waals surface area (Å²) in [6.45, 7) is 6.20. The number of amides is 1. The summed E-state index contributed by atoms with van der Waals surface area (Å²) >= 11 is 0. The van der Waals surface area contributed by atoms with Crippen LogP contribution in [0.15, 0.2) is 42.5 Å². The molecule has 0 spiro atoms. The topological polar surface area (TPSA) is 65.4 Å². The lowest BCUT2D eigenvalue weighted by atomic mass is 10.1. The Kier molecular flexibility index (Phi) is 7.25. The minimum Gasteiger partial charge on any atom is -0.493 e. The minimum absolute atomic E-state index is 0.0755. The average molecular weight is 396 g/mol. The van der Waals surface area contributed by atoms with Gasteiger partial charge in [0.15, 0.2) is 0 Å². The lowest BCUT2D eigenvalue weighted by molar-refractivity contribution is -0.124. The summed E-state index contributed by atoms with van der Waals surface area (Å²) in [5.41, 5.74) is 4.40. The molecule has 0 atom stereocenters. The number of aryl methyl sites for hydroxylation is 3. The van der Waals surface area contributed by atoms with Crippen LogP contribution in [0, 0.1) is 13.8 Å². The minimum atomic E-state index is -0.114. The van der Waals surface area contributed by atoms with Gasteiger partial charge in [-0.25, -0.2) is 4.98 Å². The van der Waals surface area contributed by atoms with E-state index in [4.69, 9.17) is 14.5 Å². The lowest BCUT2D eigenvalue weighted by Crippen LogP contribution is -2.29. The highest BCUT2D eigenvalue weighted by molar-refractivity contribution is 5.77. The normalized spacial score (nSPS) is 11.0. The molecule has 0 saturated heterocycles. The molecule has 0 fully saturated rings. The predicted molar refractivity (Wildman–Crippen MR) is 114 cm³/mol. The van der Waals surface area contributed by atoms with E-state index in [1.807, 2.05) is 24.3 Å². The maximum atomic E-state index is 11.6. The van der Waals surface area contributed by atoms with Gasteiger partial charge in [0.25, 0.3) is 0 Å². The van der Waals surface area contributed by atoms with E-state index in [2.05, 4.69) is 41.9 Å². The largest absolute Gasteiger partial charge is 0.493 e. The van der Waals surface area contributed by atoms with Crippen LogP contribution in [0.4, 0.5) is 0 Å². The van der Waals surface area contributed by atoms with Gasteiger partial charge in [-0.3, -0.25) is 4.79 Å². The van der Waals surface area contributed by atoms with Crippen molar-refractivity contribution in [3.05, 3.63) is 59.4 Å². The molecule has 0 radical (unpaired) electrons. The van der Waals surface area contributed by atoms with Gasteiger partial charge >= 0.3 is 0 Å². The standard InChI is InChI=1S/C23H29N3O3/c1-17-8-6-9-18(2)23(17)29-15-7-14-26-20-11-5-4-10-19(20)25-21(26)12-13-24-22(27)16-28-3/h4-6,8-11H,7,12-16H2,1-3H3,(H,24,27). The van der Waals surface area contributed by atoms with E-state index in [1.165, 1.54) is 7.11 Å². The summed E-state index contributed by atoms with van der Waals surface area (Å²) in [5.74, 6) is 1.83. The average Bonchev–Trinajstić information content (AvgIpc) is 3.05. The highest BCUT2D eigenvalue weighted by Crippen LogP contribution is 2.23. The van der Waals surface area contributed by atoms with Crippen LogP contribution in [0.5, 0.6) is 5.75 Å². The number of nitrogens with one attached hydrogen (secondary N) is 1. The molecule has 1 heterocycles. The van der Waals surface area contributed by atoms with Gasteiger partial charge in [-0.2, -0.15) is 0 Å².